The van der Waals surface area contributed by atoms with Crippen molar-refractivity contribution in [2.75, 3.05) is 0 Å². The summed E-state index contributed by atoms with van der Waals surface area (Å²) in [7, 11) is 0. The summed E-state index contributed by atoms with van der Waals surface area (Å²) in [6.45, 7) is 0. The number of rotatable bonds is 0. The molecule has 0 radical (unpaired) electrons. The van der Waals surface area contributed by atoms with Crippen molar-refractivity contribution in [3.63, 3.8) is 0 Å². The fourth-order valence-corrected chi connectivity index (χ4v) is 0. The Morgan fingerprint density at radius 2 is 0.600 bits per heavy atom. The molecular formula is O3ScTb. The van der Waals surface area contributed by atoms with Crippen molar-refractivity contribution in [3.05, 3.63) is 0 Å². The first-order chi connectivity index (χ1) is 0. The average Bonchev–Trinajstić information content (AvgIpc) is 0. The minimum Gasteiger partial charge on any atom is -2.00 e. The van der Waals surface area contributed by atoms with Gasteiger partial charge in [-0.3, -0.25) is 0 Å². The second-order valence-electron chi connectivity index (χ2n) is 0. The van der Waals surface area contributed by atoms with Crippen LogP contribution in [-0.4, -0.2) is 0 Å². The van der Waals surface area contributed by atoms with Gasteiger partial charge in [0.05, 0.1) is 0 Å². The quantitative estimate of drug-likeness (QED) is 0.563. The zero-order chi connectivity index (χ0) is 0. The normalized spacial score (nSPS) is 0. The molecule has 0 aliphatic rings. The largest absolute Gasteiger partial charge is 3.00 e. The third kappa shape index (κ3) is 23.7. The van der Waals surface area contributed by atoms with Gasteiger partial charge < -0.3 is 16.4 Å². The van der Waals surface area contributed by atoms with E-state index in [1.807, 2.05) is 0 Å². The van der Waals surface area contributed by atoms with Crippen molar-refractivity contribution in [2.24, 2.45) is 0 Å². The molecule has 3 nitrogen and oxygen atoms in total. The van der Waals surface area contributed by atoms with E-state index >= 15 is 0 Å². The molecule has 0 N–H and O–H groups in total. The van der Waals surface area contributed by atoms with E-state index < -0.39 is 0 Å². The first kappa shape index (κ1) is 61.8. The summed E-state index contributed by atoms with van der Waals surface area (Å²) in [5, 5.41) is 0. The predicted molar refractivity (Wildman–Crippen MR) is 2.06 cm³/mol. The summed E-state index contributed by atoms with van der Waals surface area (Å²) < 4.78 is 0. The van der Waals surface area contributed by atoms with Crippen LogP contribution in [-0.2, 0) is 42.3 Å². The minimum atomic E-state index is 0. The fourth-order valence-electron chi connectivity index (χ4n) is 0. The van der Waals surface area contributed by atoms with E-state index in [1.165, 1.54) is 0 Å². The van der Waals surface area contributed by atoms with Crippen molar-refractivity contribution in [1.29, 1.82) is 0 Å². The summed E-state index contributed by atoms with van der Waals surface area (Å²) in [6.07, 6.45) is 0. The van der Waals surface area contributed by atoms with Gasteiger partial charge in [0, 0.05) is 0 Å². The SMILES string of the molecule is [O-2].[O-2].[O-2].[Sc+3].[Tb+3]. The Hall–Kier alpha value is 2.04. The van der Waals surface area contributed by atoms with Crippen LogP contribution in [0, 0.1) is 38.6 Å². The number of hydrogen-bond acceptors (Lipinski definition) is 0. The van der Waals surface area contributed by atoms with Gasteiger partial charge in [0.15, 0.2) is 0 Å². The fraction of sp³-hybridized carbons (Fsp3) is 0. The summed E-state index contributed by atoms with van der Waals surface area (Å²) in [6, 6.07) is 0. The molecule has 0 aromatic rings. The third-order valence-corrected chi connectivity index (χ3v) is 0. The molecule has 0 aromatic heterocycles. The third-order valence-electron chi connectivity index (χ3n) is 0. The Bertz CT molecular complexity index is 6.85. The zero-order valence-electron chi connectivity index (χ0n) is 2.14. The molecule has 0 aromatic carbocycles. The average molecular weight is 252 g/mol. The Labute approximate surface area is 79.7 Å². The van der Waals surface area contributed by atoms with Gasteiger partial charge >= 0.3 is 64.5 Å². The van der Waals surface area contributed by atoms with E-state index in [1.54, 1.807) is 0 Å². The molecule has 0 spiro atoms. The van der Waals surface area contributed by atoms with E-state index in [0.717, 1.165) is 0 Å². The van der Waals surface area contributed by atoms with Crippen molar-refractivity contribution in [1.82, 2.24) is 0 Å². The van der Waals surface area contributed by atoms with Crippen LogP contribution in [0.3, 0.4) is 0 Å². The van der Waals surface area contributed by atoms with Crippen LogP contribution in [0.2, 0.25) is 0 Å². The summed E-state index contributed by atoms with van der Waals surface area (Å²) >= 11 is 0. The maximum atomic E-state index is 0. The molecule has 0 rings (SSSR count). The van der Waals surface area contributed by atoms with Crippen molar-refractivity contribution < 1.29 is 80.9 Å². The topological polar surface area (TPSA) is 85.5 Å². The van der Waals surface area contributed by atoms with Crippen LogP contribution >= 0.6 is 0 Å². The smallest absolute Gasteiger partial charge is 2.00 e. The van der Waals surface area contributed by atoms with E-state index in [9.17, 15) is 0 Å². The molecule has 0 aliphatic heterocycles. The number of hydrogen-bond donors (Lipinski definition) is 0. The molecule has 0 aliphatic carbocycles. The van der Waals surface area contributed by atoms with Crippen LogP contribution < -0.4 is 0 Å². The first-order valence-electron chi connectivity index (χ1n) is 0. The van der Waals surface area contributed by atoms with Gasteiger partial charge in [0.25, 0.3) is 0 Å². The molecule has 0 heterocycles. The second-order valence-corrected chi connectivity index (χ2v) is 0. The molecule has 0 amide bonds. The molecule has 0 fully saturated rings. The van der Waals surface area contributed by atoms with Crippen LogP contribution in [0.5, 0.6) is 0 Å². The van der Waals surface area contributed by atoms with Crippen molar-refractivity contribution in [2.45, 2.75) is 0 Å². The van der Waals surface area contributed by atoms with E-state index in [2.05, 4.69) is 0 Å². The summed E-state index contributed by atoms with van der Waals surface area (Å²) in [5.41, 5.74) is 0. The van der Waals surface area contributed by atoms with Gasteiger partial charge in [-0.1, -0.05) is 0 Å². The van der Waals surface area contributed by atoms with E-state index in [0.29, 0.717) is 0 Å². The first-order valence-corrected chi connectivity index (χ1v) is 0. The Morgan fingerprint density at radius 3 is 0.600 bits per heavy atom. The summed E-state index contributed by atoms with van der Waals surface area (Å²) in [4.78, 5) is 0. The Morgan fingerprint density at radius 1 is 0.600 bits per heavy atom. The van der Waals surface area contributed by atoms with Gasteiger partial charge in [-0.25, -0.2) is 0 Å². The summed E-state index contributed by atoms with van der Waals surface area (Å²) in [5.74, 6) is 0. The van der Waals surface area contributed by atoms with Crippen LogP contribution in [0.25, 0.3) is 0 Å². The van der Waals surface area contributed by atoms with Gasteiger partial charge in [-0.05, 0) is 0 Å². The molecular weight excluding hydrogens is 252 g/mol. The Balaban J connectivity index is 0. The monoisotopic (exact) mass is 252 g/mol. The molecule has 5 heteroatoms. The molecule has 0 bridgehead atoms. The van der Waals surface area contributed by atoms with Crippen LogP contribution in [0.15, 0.2) is 0 Å². The molecule has 0 atom stereocenters. The predicted octanol–water partition coefficient (Wildman–Crippen LogP) is -0.359. The van der Waals surface area contributed by atoms with Gasteiger partial charge in [-0.15, -0.1) is 0 Å². The molecule has 5 heavy (non-hydrogen) atoms. The van der Waals surface area contributed by atoms with Crippen molar-refractivity contribution in [3.8, 4) is 0 Å². The minimum absolute atomic E-state index is 0. The van der Waals surface area contributed by atoms with Crippen molar-refractivity contribution >= 4 is 0 Å². The maximum Gasteiger partial charge on any atom is 3.00 e. The standard InChI is InChI=1S/3O.Sc.Tb/q3*-2;2*+3. The molecule has 0 saturated carbocycles. The van der Waals surface area contributed by atoms with E-state index in [4.69, 9.17) is 0 Å². The Kier molecular flexibility index (Phi) is 457. The van der Waals surface area contributed by atoms with E-state index in [-0.39, 0.29) is 80.9 Å². The molecule has 0 saturated heterocycles. The van der Waals surface area contributed by atoms with Gasteiger partial charge in [0.2, 0.25) is 0 Å². The zero-order valence-corrected chi connectivity index (χ0v) is 6.08. The molecule has 0 unspecified atom stereocenters. The molecule has 30 valence electrons. The van der Waals surface area contributed by atoms with Gasteiger partial charge in [0.1, 0.15) is 0 Å². The van der Waals surface area contributed by atoms with Gasteiger partial charge in [-0.2, -0.15) is 0 Å². The van der Waals surface area contributed by atoms with Crippen LogP contribution in [0.1, 0.15) is 0 Å². The second kappa shape index (κ2) is 36.9. The van der Waals surface area contributed by atoms with Crippen LogP contribution in [0.4, 0.5) is 0 Å². The maximum absolute atomic E-state index is 0.